The van der Waals surface area contributed by atoms with Gasteiger partial charge >= 0.3 is 0 Å². The zero-order valence-electron chi connectivity index (χ0n) is 34.7. The van der Waals surface area contributed by atoms with Gasteiger partial charge in [0.1, 0.15) is 0 Å². The molecule has 0 spiro atoms. The number of aromatic nitrogens is 1. The van der Waals surface area contributed by atoms with Crippen LogP contribution in [0.25, 0.3) is 16.0 Å². The first-order valence-corrected chi connectivity index (χ1v) is 21.9. The first kappa shape index (κ1) is 52.3. The molecule has 3 atom stereocenters. The molecule has 3 unspecified atom stereocenters. The topological polar surface area (TPSA) is 30.0 Å². The Morgan fingerprint density at radius 2 is 1.40 bits per heavy atom. The summed E-state index contributed by atoms with van der Waals surface area (Å²) >= 11 is 1.65. The van der Waals surface area contributed by atoms with Crippen molar-refractivity contribution in [2.75, 3.05) is 0 Å². The molecule has 3 aromatic rings. The van der Waals surface area contributed by atoms with E-state index < -0.39 is 0 Å². The van der Waals surface area contributed by atoms with Gasteiger partial charge in [0.25, 0.3) is 0 Å². The van der Waals surface area contributed by atoms with Gasteiger partial charge in [-0.1, -0.05) is 184 Å². The lowest BCUT2D eigenvalue weighted by Gasteiger charge is -2.27. The van der Waals surface area contributed by atoms with Crippen molar-refractivity contribution in [2.45, 2.75) is 180 Å². The fourth-order valence-electron chi connectivity index (χ4n) is 7.17. The number of allylic oxidation sites excluding steroid dienone is 4. The van der Waals surface area contributed by atoms with E-state index in [9.17, 15) is 4.79 Å². The summed E-state index contributed by atoms with van der Waals surface area (Å²) in [6.45, 7) is 23.5. The Labute approximate surface area is 335 Å². The van der Waals surface area contributed by atoms with Crippen molar-refractivity contribution in [3.63, 3.8) is 0 Å². The molecule has 2 aromatic carbocycles. The molecule has 0 radical (unpaired) electrons. The van der Waals surface area contributed by atoms with Gasteiger partial charge in [0.2, 0.25) is 0 Å². The van der Waals surface area contributed by atoms with Crippen molar-refractivity contribution in [1.29, 1.82) is 0 Å². The van der Waals surface area contributed by atoms with Gasteiger partial charge in [0.15, 0.2) is 5.78 Å². The monoisotopic (exact) mass is 748 g/mol. The fraction of sp³-hybridized carbons (Fsp3) is 0.600. The van der Waals surface area contributed by atoms with Crippen LogP contribution >= 0.6 is 11.3 Å². The molecule has 4 rings (SSSR count). The Bertz CT molecular complexity index is 1350. The minimum absolute atomic E-state index is 0. The van der Waals surface area contributed by atoms with E-state index in [2.05, 4.69) is 100 Å². The first-order valence-electron chi connectivity index (χ1n) is 21.0. The van der Waals surface area contributed by atoms with Gasteiger partial charge in [0.05, 0.1) is 10.4 Å². The number of aryl methyl sites for hydroxylation is 1. The van der Waals surface area contributed by atoms with E-state index in [1.165, 1.54) is 62.5 Å². The number of ketones is 1. The van der Waals surface area contributed by atoms with Crippen LogP contribution in [0.5, 0.6) is 0 Å². The number of carbonyl (C=O) groups is 1. The normalized spacial score (nSPS) is 16.3. The van der Waals surface area contributed by atoms with Crippen LogP contribution in [-0.4, -0.2) is 10.8 Å². The van der Waals surface area contributed by atoms with Crippen molar-refractivity contribution in [3.8, 4) is 10.4 Å². The third kappa shape index (κ3) is 17.5. The molecule has 1 aromatic heterocycles. The van der Waals surface area contributed by atoms with E-state index in [1.54, 1.807) is 16.9 Å². The van der Waals surface area contributed by atoms with Gasteiger partial charge in [-0.2, -0.15) is 0 Å². The highest BCUT2D eigenvalue weighted by molar-refractivity contribution is 7.13. The number of unbranched alkanes of at least 4 members (excludes halogenated alkanes) is 2. The van der Waals surface area contributed by atoms with E-state index in [0.717, 1.165) is 53.2 Å². The van der Waals surface area contributed by atoms with Crippen LogP contribution in [0.4, 0.5) is 0 Å². The van der Waals surface area contributed by atoms with Crippen molar-refractivity contribution in [1.82, 2.24) is 4.98 Å². The van der Waals surface area contributed by atoms with Crippen LogP contribution in [0.2, 0.25) is 0 Å². The second kappa shape index (κ2) is 31.6. The zero-order valence-corrected chi connectivity index (χ0v) is 35.5. The van der Waals surface area contributed by atoms with E-state index in [-0.39, 0.29) is 16.3 Å². The van der Waals surface area contributed by atoms with Crippen molar-refractivity contribution in [2.24, 2.45) is 17.8 Å². The Hall–Kier alpha value is -2.78. The molecule has 302 valence electrons. The molecule has 3 heteroatoms. The number of hydrogen-bond acceptors (Lipinski definition) is 3. The van der Waals surface area contributed by atoms with Gasteiger partial charge in [-0.3, -0.25) is 9.78 Å². The van der Waals surface area contributed by atoms with Gasteiger partial charge in [-0.05, 0) is 96.1 Å². The van der Waals surface area contributed by atoms with Crippen molar-refractivity contribution < 1.29 is 6.22 Å². The highest BCUT2D eigenvalue weighted by Crippen LogP contribution is 2.40. The smallest absolute Gasteiger partial charge is 0.163 e. The SMILES string of the molecule is C.C.CC.CC.CC.CC/C=C1/C=C(c2ccc(-c3cncs3)cc2)C(=O)CC(CC)C1CCC(C)CCc1ccc(C(CCCC)CCCC)cc1.[HH]. The van der Waals surface area contributed by atoms with Crippen LogP contribution in [-0.2, 0) is 11.2 Å². The average Bonchev–Trinajstić information content (AvgIpc) is 3.69. The quantitative estimate of drug-likeness (QED) is 0.138. The second-order valence-electron chi connectivity index (χ2n) is 13.5. The standard InChI is InChI=1S/C42H57NOS.3C2H6.2CH4.H2/c1-6-10-13-34(14-11-7-2)35-20-18-32(19-21-35)17-15-31(5)16-26-39-33(9-4)28-41(44)40(27-38(39)12-8-3)36-22-24-37(25-23-36)42-29-43-30-45-42;3*1-2;;;/h12,18-25,27,29-31,33-34,39H,6-11,13-17,26,28H2,1-5H3;3*1-2H3;2*1H4;1H/b38-12-;;;;;;. The molecular formula is C50H85NOS. The van der Waals surface area contributed by atoms with Crippen LogP contribution in [0.15, 0.2) is 78.0 Å². The maximum atomic E-state index is 13.7. The summed E-state index contributed by atoms with van der Waals surface area (Å²) in [7, 11) is 0. The minimum Gasteiger partial charge on any atom is -0.294 e. The number of rotatable bonds is 17. The van der Waals surface area contributed by atoms with Crippen LogP contribution in [0.3, 0.4) is 0 Å². The van der Waals surface area contributed by atoms with Gasteiger partial charge < -0.3 is 0 Å². The average molecular weight is 748 g/mol. The van der Waals surface area contributed by atoms with Crippen LogP contribution in [0.1, 0.15) is 192 Å². The molecule has 0 saturated carbocycles. The van der Waals surface area contributed by atoms with Gasteiger partial charge in [-0.15, -0.1) is 11.3 Å². The number of hydrogen-bond donors (Lipinski definition) is 0. The van der Waals surface area contributed by atoms with E-state index in [0.29, 0.717) is 30.0 Å². The molecule has 0 fully saturated rings. The largest absolute Gasteiger partial charge is 0.294 e. The minimum atomic E-state index is 0. The molecule has 1 heterocycles. The Morgan fingerprint density at radius 1 is 0.811 bits per heavy atom. The molecule has 53 heavy (non-hydrogen) atoms. The van der Waals surface area contributed by atoms with Crippen LogP contribution < -0.4 is 0 Å². The van der Waals surface area contributed by atoms with E-state index in [4.69, 9.17) is 0 Å². The summed E-state index contributed by atoms with van der Waals surface area (Å²) < 4.78 is 0. The van der Waals surface area contributed by atoms with E-state index in [1.807, 2.05) is 53.2 Å². The third-order valence-electron chi connectivity index (χ3n) is 10.1. The number of benzene rings is 2. The second-order valence-corrected chi connectivity index (χ2v) is 14.3. The zero-order chi connectivity index (χ0) is 38.0. The molecule has 1 aliphatic carbocycles. The molecule has 2 nitrogen and oxygen atoms in total. The Kier molecular flexibility index (Phi) is 31.2. The number of thiazole rings is 1. The first-order chi connectivity index (χ1) is 25.0. The predicted molar refractivity (Wildman–Crippen MR) is 245 cm³/mol. The van der Waals surface area contributed by atoms with E-state index >= 15 is 0 Å². The molecule has 0 N–H and O–H groups in total. The number of carbonyl (C=O) groups excluding carboxylic acids is 1. The lowest BCUT2D eigenvalue weighted by molar-refractivity contribution is -0.114. The van der Waals surface area contributed by atoms with Gasteiger partial charge in [0, 0.05) is 19.6 Å². The highest BCUT2D eigenvalue weighted by Gasteiger charge is 2.30. The molecular weight excluding hydrogens is 663 g/mol. The third-order valence-corrected chi connectivity index (χ3v) is 10.9. The van der Waals surface area contributed by atoms with Crippen LogP contribution in [0, 0.1) is 17.8 Å². The molecule has 0 saturated heterocycles. The van der Waals surface area contributed by atoms with Crippen molar-refractivity contribution in [3.05, 3.63) is 94.7 Å². The summed E-state index contributed by atoms with van der Waals surface area (Å²) in [4.78, 5) is 19.0. The Morgan fingerprint density at radius 3 is 1.91 bits per heavy atom. The molecule has 0 bridgehead atoms. The summed E-state index contributed by atoms with van der Waals surface area (Å²) in [6, 6.07) is 18.1. The summed E-state index contributed by atoms with van der Waals surface area (Å²) in [5, 5.41) is 0. The fourth-order valence-corrected chi connectivity index (χ4v) is 7.80. The number of Topliss-reactive ketones (excluding diaryl/α,β-unsaturated/α-hetero) is 1. The number of nitrogens with zero attached hydrogens (tertiary/aromatic N) is 1. The maximum Gasteiger partial charge on any atom is 0.163 e. The summed E-state index contributed by atoms with van der Waals surface area (Å²) in [5.74, 6) is 2.51. The maximum absolute atomic E-state index is 13.7. The lowest BCUT2D eigenvalue weighted by Crippen LogP contribution is -2.18. The highest BCUT2D eigenvalue weighted by atomic mass is 32.1. The summed E-state index contributed by atoms with van der Waals surface area (Å²) in [6.07, 6.45) is 21.8. The predicted octanol–water partition coefficient (Wildman–Crippen LogP) is 17.3. The van der Waals surface area contributed by atoms with Gasteiger partial charge in [-0.25, -0.2) is 0 Å². The Balaban J connectivity index is -0.00000275. The summed E-state index contributed by atoms with van der Waals surface area (Å²) in [5.41, 5.74) is 9.33. The van der Waals surface area contributed by atoms with Crippen molar-refractivity contribution >= 4 is 22.7 Å². The molecule has 1 aliphatic rings. The lowest BCUT2D eigenvalue weighted by atomic mass is 9.78. The molecule has 0 aliphatic heterocycles. The molecule has 0 amide bonds.